The van der Waals surface area contributed by atoms with Gasteiger partial charge in [0.1, 0.15) is 24.8 Å². The summed E-state index contributed by atoms with van der Waals surface area (Å²) in [5, 5.41) is 30.1. The van der Waals surface area contributed by atoms with Crippen LogP contribution in [-0.2, 0) is 57.3 Å². The van der Waals surface area contributed by atoms with Crippen molar-refractivity contribution in [2.24, 2.45) is 11.8 Å². The zero-order valence-corrected chi connectivity index (χ0v) is 36.2. The molecule has 0 aromatic rings. The van der Waals surface area contributed by atoms with E-state index in [1.165, 1.54) is 51.9 Å². The lowest BCUT2D eigenvalue weighted by molar-refractivity contribution is -0.145. The monoisotopic (exact) mass is 858 g/mol. The van der Waals surface area contributed by atoms with Crippen molar-refractivity contribution >= 4 is 46.9 Å². The van der Waals surface area contributed by atoms with Crippen molar-refractivity contribution in [2.45, 2.75) is 161 Å². The highest BCUT2D eigenvalue weighted by Gasteiger charge is 2.23. The lowest BCUT2D eigenvalue weighted by Crippen LogP contribution is -2.29. The predicted molar refractivity (Wildman–Crippen MR) is 223 cm³/mol. The number of carboxylic acid groups (broad SMARTS) is 3. The number of Topliss-reactive ketones (excluding diaryl/α,β-unsaturated/α-hetero) is 4. The van der Waals surface area contributed by atoms with Crippen molar-refractivity contribution in [1.29, 1.82) is 0 Å². The van der Waals surface area contributed by atoms with Gasteiger partial charge < -0.3 is 44.4 Å². The summed E-state index contributed by atoms with van der Waals surface area (Å²) in [5.74, 6) is -5.73. The van der Waals surface area contributed by atoms with Crippen LogP contribution >= 0.6 is 0 Å². The van der Waals surface area contributed by atoms with Crippen molar-refractivity contribution in [1.82, 2.24) is 5.32 Å². The zero-order valence-electron chi connectivity index (χ0n) is 36.2. The van der Waals surface area contributed by atoms with Crippen LogP contribution in [-0.4, -0.2) is 122 Å². The van der Waals surface area contributed by atoms with Gasteiger partial charge in [-0.1, -0.05) is 77.0 Å². The maximum Gasteiger partial charge on any atom is 0.306 e. The molecule has 0 fully saturated rings. The van der Waals surface area contributed by atoms with E-state index in [-0.39, 0.29) is 133 Å². The SMILES string of the molecule is CC(=O)CC[C@H](CC(=O)COCCOCCCC(=O)COCCOCCNC(=O)CC[C@H](CC(=O)CCCCCCCCCCCCCCCCC(=O)O)C(=O)O)C(=O)O. The van der Waals surface area contributed by atoms with Crippen molar-refractivity contribution in [3.8, 4) is 0 Å². The van der Waals surface area contributed by atoms with Crippen molar-refractivity contribution in [3.63, 3.8) is 0 Å². The normalized spacial score (nSPS) is 12.2. The number of rotatable bonds is 46. The Balaban J connectivity index is 3.72. The lowest BCUT2D eigenvalue weighted by Gasteiger charge is -2.12. The largest absolute Gasteiger partial charge is 0.481 e. The first-order valence-corrected chi connectivity index (χ1v) is 22.1. The molecule has 60 heavy (non-hydrogen) atoms. The smallest absolute Gasteiger partial charge is 0.306 e. The fourth-order valence-electron chi connectivity index (χ4n) is 6.35. The Morgan fingerprint density at radius 1 is 0.433 bits per heavy atom. The third kappa shape index (κ3) is 38.6. The number of ether oxygens (including phenoxy) is 4. The summed E-state index contributed by atoms with van der Waals surface area (Å²) >= 11 is 0. The van der Waals surface area contributed by atoms with Gasteiger partial charge >= 0.3 is 17.9 Å². The zero-order chi connectivity index (χ0) is 44.6. The van der Waals surface area contributed by atoms with E-state index in [0.717, 1.165) is 44.9 Å². The molecule has 2 atom stereocenters. The molecule has 0 rings (SSSR count). The summed E-state index contributed by atoms with van der Waals surface area (Å²) in [6, 6.07) is 0. The summed E-state index contributed by atoms with van der Waals surface area (Å²) in [7, 11) is 0. The molecule has 16 nitrogen and oxygen atoms in total. The Morgan fingerprint density at radius 2 is 0.850 bits per heavy atom. The quantitative estimate of drug-likeness (QED) is 0.0490. The number of ketones is 4. The highest BCUT2D eigenvalue weighted by Crippen LogP contribution is 2.17. The fourth-order valence-corrected chi connectivity index (χ4v) is 6.35. The van der Waals surface area contributed by atoms with E-state index in [4.69, 9.17) is 24.1 Å². The van der Waals surface area contributed by atoms with Crippen LogP contribution in [0.5, 0.6) is 0 Å². The standard InChI is InChI=1S/C44H75NO15/c1-35(46)20-21-36(43(53)54)32-40(49)34-60-29-27-57-25-16-18-39(48)33-59-30-28-58-26-24-45-41(50)23-22-37(44(55)56)31-38(47)17-14-12-10-8-6-4-2-3-5-7-9-11-13-15-19-42(51)52/h36-37H,2-34H2,1H3,(H,45,50)(H,51,52)(H,53,54)(H,55,56)/t36-,37-/m1/s1. The van der Waals surface area contributed by atoms with Gasteiger partial charge in [0.05, 0.1) is 44.9 Å². The number of hydrogen-bond acceptors (Lipinski definition) is 12. The van der Waals surface area contributed by atoms with Crippen LogP contribution in [0.4, 0.5) is 0 Å². The second kappa shape index (κ2) is 39.5. The van der Waals surface area contributed by atoms with Crippen LogP contribution in [0.2, 0.25) is 0 Å². The minimum atomic E-state index is -1.12. The molecular formula is C44H75NO15. The van der Waals surface area contributed by atoms with E-state index in [1.54, 1.807) is 0 Å². The third-order valence-corrected chi connectivity index (χ3v) is 9.89. The topological polar surface area (TPSA) is 246 Å². The molecule has 0 aliphatic heterocycles. The molecule has 1 amide bonds. The minimum Gasteiger partial charge on any atom is -0.481 e. The van der Waals surface area contributed by atoms with E-state index in [1.807, 2.05) is 0 Å². The number of carboxylic acids is 3. The van der Waals surface area contributed by atoms with E-state index in [0.29, 0.717) is 19.4 Å². The third-order valence-electron chi connectivity index (χ3n) is 9.89. The van der Waals surface area contributed by atoms with E-state index >= 15 is 0 Å². The van der Waals surface area contributed by atoms with Crippen LogP contribution in [0.15, 0.2) is 0 Å². The van der Waals surface area contributed by atoms with Crippen LogP contribution in [0.1, 0.15) is 161 Å². The van der Waals surface area contributed by atoms with E-state index in [9.17, 15) is 48.6 Å². The van der Waals surface area contributed by atoms with Crippen LogP contribution in [0.3, 0.4) is 0 Å². The minimum absolute atomic E-state index is 0.00872. The summed E-state index contributed by atoms with van der Waals surface area (Å²) in [5.41, 5.74) is 0. The molecule has 0 bridgehead atoms. The van der Waals surface area contributed by atoms with Gasteiger partial charge in [0.25, 0.3) is 0 Å². The van der Waals surface area contributed by atoms with E-state index in [2.05, 4.69) is 5.32 Å². The summed E-state index contributed by atoms with van der Waals surface area (Å²) in [4.78, 5) is 93.2. The molecule has 0 heterocycles. The Bertz CT molecular complexity index is 1220. The van der Waals surface area contributed by atoms with Crippen LogP contribution in [0, 0.1) is 11.8 Å². The summed E-state index contributed by atoms with van der Waals surface area (Å²) < 4.78 is 21.3. The van der Waals surface area contributed by atoms with Gasteiger partial charge in [0.2, 0.25) is 5.91 Å². The second-order valence-electron chi connectivity index (χ2n) is 15.5. The Hall–Kier alpha value is -3.60. The number of aliphatic carboxylic acids is 3. The summed E-state index contributed by atoms with van der Waals surface area (Å²) in [6.07, 6.45) is 16.6. The molecule has 0 saturated heterocycles. The fraction of sp³-hybridized carbons (Fsp3) is 0.818. The number of carbonyl (C=O) groups excluding carboxylic acids is 5. The Labute approximate surface area is 356 Å². The molecule has 346 valence electrons. The number of nitrogens with one attached hydrogen (secondary N) is 1. The molecule has 16 heteroatoms. The van der Waals surface area contributed by atoms with Gasteiger partial charge in [-0.15, -0.1) is 0 Å². The van der Waals surface area contributed by atoms with Crippen molar-refractivity contribution < 1.29 is 72.6 Å². The number of hydrogen-bond donors (Lipinski definition) is 4. The first-order chi connectivity index (χ1) is 28.8. The average molecular weight is 858 g/mol. The first-order valence-electron chi connectivity index (χ1n) is 22.1. The Kier molecular flexibility index (Phi) is 37.2. The molecule has 0 saturated carbocycles. The van der Waals surface area contributed by atoms with Gasteiger partial charge in [-0.3, -0.25) is 33.6 Å². The number of carbonyl (C=O) groups is 8. The maximum atomic E-state index is 12.4. The second-order valence-corrected chi connectivity index (χ2v) is 15.5. The molecule has 0 spiro atoms. The summed E-state index contributed by atoms with van der Waals surface area (Å²) in [6.45, 7) is 2.55. The number of unbranched alkanes of at least 4 members (excludes halogenated alkanes) is 13. The first kappa shape index (κ1) is 56.4. The molecule has 4 N–H and O–H groups in total. The molecule has 0 unspecified atom stereocenters. The van der Waals surface area contributed by atoms with Gasteiger partial charge in [0, 0.05) is 58.1 Å². The van der Waals surface area contributed by atoms with Gasteiger partial charge in [0.15, 0.2) is 11.6 Å². The molecule has 0 aromatic heterocycles. The van der Waals surface area contributed by atoms with E-state index < -0.39 is 29.7 Å². The molecule has 0 aromatic carbocycles. The van der Waals surface area contributed by atoms with Crippen molar-refractivity contribution in [3.05, 3.63) is 0 Å². The molecule has 0 radical (unpaired) electrons. The van der Waals surface area contributed by atoms with Crippen molar-refractivity contribution in [2.75, 3.05) is 59.4 Å². The van der Waals surface area contributed by atoms with Crippen LogP contribution in [0.25, 0.3) is 0 Å². The van der Waals surface area contributed by atoms with Crippen LogP contribution < -0.4 is 5.32 Å². The average Bonchev–Trinajstić information content (AvgIpc) is 3.19. The number of amides is 1. The molecular weight excluding hydrogens is 782 g/mol. The molecule has 0 aliphatic carbocycles. The maximum absolute atomic E-state index is 12.4. The predicted octanol–water partition coefficient (Wildman–Crippen LogP) is 6.31. The van der Waals surface area contributed by atoms with Gasteiger partial charge in [-0.05, 0) is 39.0 Å². The van der Waals surface area contributed by atoms with Gasteiger partial charge in [-0.25, -0.2) is 0 Å². The highest BCUT2D eigenvalue weighted by molar-refractivity contribution is 5.85. The van der Waals surface area contributed by atoms with Gasteiger partial charge in [-0.2, -0.15) is 0 Å². The Morgan fingerprint density at radius 3 is 1.35 bits per heavy atom. The highest BCUT2D eigenvalue weighted by atomic mass is 16.5. The lowest BCUT2D eigenvalue weighted by atomic mass is 9.94. The molecule has 0 aliphatic rings.